The third-order valence-corrected chi connectivity index (χ3v) is 6.79. The zero-order valence-electron chi connectivity index (χ0n) is 17.0. The molecule has 0 atom stereocenters. The minimum Gasteiger partial charge on any atom is -0.495 e. The molecule has 0 aromatic heterocycles. The van der Waals surface area contributed by atoms with Gasteiger partial charge in [-0.1, -0.05) is 12.1 Å². The van der Waals surface area contributed by atoms with Gasteiger partial charge in [-0.2, -0.15) is 4.31 Å². The Hall–Kier alpha value is -2.91. The van der Waals surface area contributed by atoms with Crippen LogP contribution < -0.4 is 15.4 Å². The number of carbonyl (C=O) groups is 2. The second kappa shape index (κ2) is 9.27. The van der Waals surface area contributed by atoms with Gasteiger partial charge in [-0.25, -0.2) is 8.42 Å². The average molecular weight is 432 g/mol. The van der Waals surface area contributed by atoms with E-state index >= 15 is 0 Å². The van der Waals surface area contributed by atoms with E-state index in [0.717, 1.165) is 12.8 Å². The number of anilines is 1. The normalized spacial score (nSPS) is 14.3. The van der Waals surface area contributed by atoms with E-state index < -0.39 is 15.9 Å². The number of nitrogens with zero attached hydrogens (tertiary/aromatic N) is 1. The number of rotatable bonds is 7. The zero-order chi connectivity index (χ0) is 21.7. The van der Waals surface area contributed by atoms with Crippen LogP contribution in [-0.2, 0) is 10.0 Å². The Morgan fingerprint density at radius 3 is 2.43 bits per heavy atom. The molecule has 0 spiro atoms. The zero-order valence-corrected chi connectivity index (χ0v) is 17.8. The van der Waals surface area contributed by atoms with Gasteiger partial charge < -0.3 is 15.4 Å². The lowest BCUT2D eigenvalue weighted by atomic mass is 10.1. The predicted octanol–water partition coefficient (Wildman–Crippen LogP) is 2.48. The van der Waals surface area contributed by atoms with Crippen molar-refractivity contribution >= 4 is 27.5 Å². The highest BCUT2D eigenvalue weighted by Crippen LogP contribution is 2.30. The van der Waals surface area contributed by atoms with E-state index in [1.165, 1.54) is 29.6 Å². The van der Waals surface area contributed by atoms with Gasteiger partial charge in [0, 0.05) is 25.2 Å². The SMILES string of the molecule is CCNC(=O)c1ccccc1NC(=O)c1ccc(OC)c(S(=O)(=O)N2CCCC2)c1. The first-order valence-corrected chi connectivity index (χ1v) is 11.2. The Morgan fingerprint density at radius 1 is 1.07 bits per heavy atom. The molecular formula is C21H25N3O5S. The van der Waals surface area contributed by atoms with Gasteiger partial charge in [-0.15, -0.1) is 0 Å². The highest BCUT2D eigenvalue weighted by atomic mass is 32.2. The lowest BCUT2D eigenvalue weighted by molar-refractivity contribution is 0.0956. The Morgan fingerprint density at radius 2 is 1.77 bits per heavy atom. The van der Waals surface area contributed by atoms with Crippen LogP contribution in [-0.4, -0.2) is 51.3 Å². The van der Waals surface area contributed by atoms with E-state index in [1.54, 1.807) is 31.2 Å². The predicted molar refractivity (Wildman–Crippen MR) is 113 cm³/mol. The molecule has 0 aliphatic carbocycles. The van der Waals surface area contributed by atoms with Gasteiger partial charge in [0.25, 0.3) is 11.8 Å². The Balaban J connectivity index is 1.92. The smallest absolute Gasteiger partial charge is 0.255 e. The summed E-state index contributed by atoms with van der Waals surface area (Å²) in [4.78, 5) is 25.0. The lowest BCUT2D eigenvalue weighted by Crippen LogP contribution is -2.28. The van der Waals surface area contributed by atoms with Gasteiger partial charge in [0.15, 0.2) is 0 Å². The standard InChI is InChI=1S/C21H25N3O5S/c1-3-22-21(26)16-8-4-5-9-17(16)23-20(25)15-10-11-18(29-2)19(14-15)30(27,28)24-12-6-7-13-24/h4-5,8-11,14H,3,6-7,12-13H2,1-2H3,(H,22,26)(H,23,25). The number of ether oxygens (including phenoxy) is 1. The summed E-state index contributed by atoms with van der Waals surface area (Å²) >= 11 is 0. The number of sulfonamides is 1. The molecule has 0 saturated carbocycles. The van der Waals surface area contributed by atoms with E-state index in [0.29, 0.717) is 30.9 Å². The van der Waals surface area contributed by atoms with Gasteiger partial charge in [0.2, 0.25) is 10.0 Å². The van der Waals surface area contributed by atoms with Gasteiger partial charge >= 0.3 is 0 Å². The number of amides is 2. The molecule has 0 bridgehead atoms. The van der Waals surface area contributed by atoms with Crippen molar-refractivity contribution in [2.75, 3.05) is 32.1 Å². The quantitative estimate of drug-likeness (QED) is 0.701. The minimum absolute atomic E-state index is 0.0449. The minimum atomic E-state index is -3.78. The van der Waals surface area contributed by atoms with Gasteiger partial charge in [0.05, 0.1) is 18.4 Å². The molecule has 0 radical (unpaired) electrons. The lowest BCUT2D eigenvalue weighted by Gasteiger charge is -2.18. The van der Waals surface area contributed by atoms with Crippen molar-refractivity contribution in [1.82, 2.24) is 9.62 Å². The molecule has 1 aliphatic rings. The van der Waals surface area contributed by atoms with Crippen LogP contribution in [0.4, 0.5) is 5.69 Å². The molecule has 1 fully saturated rings. The summed E-state index contributed by atoms with van der Waals surface area (Å²) in [6, 6.07) is 10.9. The first-order chi connectivity index (χ1) is 14.4. The molecule has 0 unspecified atom stereocenters. The van der Waals surface area contributed by atoms with E-state index in [4.69, 9.17) is 4.74 Å². The van der Waals surface area contributed by atoms with Gasteiger partial charge in [-0.3, -0.25) is 9.59 Å². The molecule has 1 heterocycles. The second-order valence-electron chi connectivity index (χ2n) is 6.84. The van der Waals surface area contributed by atoms with E-state index in [-0.39, 0.29) is 22.1 Å². The molecule has 2 N–H and O–H groups in total. The summed E-state index contributed by atoms with van der Waals surface area (Å²) in [7, 11) is -2.39. The maximum absolute atomic E-state index is 13.0. The first kappa shape index (κ1) is 21.8. The number of benzene rings is 2. The van der Waals surface area contributed by atoms with Crippen LogP contribution in [0.25, 0.3) is 0 Å². The van der Waals surface area contributed by atoms with Crippen LogP contribution in [0.3, 0.4) is 0 Å². The first-order valence-electron chi connectivity index (χ1n) is 9.75. The topological polar surface area (TPSA) is 105 Å². The van der Waals surface area contributed by atoms with Crippen molar-refractivity contribution in [1.29, 1.82) is 0 Å². The van der Waals surface area contributed by atoms with Crippen molar-refractivity contribution in [2.45, 2.75) is 24.7 Å². The van der Waals surface area contributed by atoms with E-state index in [1.807, 2.05) is 0 Å². The summed E-state index contributed by atoms with van der Waals surface area (Å²) < 4.78 is 32.7. The summed E-state index contributed by atoms with van der Waals surface area (Å²) in [6.07, 6.45) is 1.61. The fourth-order valence-corrected chi connectivity index (χ4v) is 5.03. The third kappa shape index (κ3) is 4.47. The summed E-state index contributed by atoms with van der Waals surface area (Å²) in [5, 5.41) is 5.40. The molecule has 160 valence electrons. The summed E-state index contributed by atoms with van der Waals surface area (Å²) in [6.45, 7) is 3.15. The highest BCUT2D eigenvalue weighted by Gasteiger charge is 2.30. The van der Waals surface area contributed by atoms with Crippen LogP contribution in [0, 0.1) is 0 Å². The number of hydrogen-bond donors (Lipinski definition) is 2. The van der Waals surface area contributed by atoms with Crippen molar-refractivity contribution in [3.63, 3.8) is 0 Å². The van der Waals surface area contributed by atoms with Crippen molar-refractivity contribution in [3.8, 4) is 5.75 Å². The van der Waals surface area contributed by atoms with Crippen molar-refractivity contribution < 1.29 is 22.7 Å². The molecular weight excluding hydrogens is 406 g/mol. The molecule has 30 heavy (non-hydrogen) atoms. The van der Waals surface area contributed by atoms with E-state index in [2.05, 4.69) is 10.6 Å². The molecule has 1 saturated heterocycles. The fraction of sp³-hybridized carbons (Fsp3) is 0.333. The molecule has 2 amide bonds. The number of nitrogens with one attached hydrogen (secondary N) is 2. The van der Waals surface area contributed by atoms with Crippen LogP contribution in [0.5, 0.6) is 5.75 Å². The summed E-state index contributed by atoms with van der Waals surface area (Å²) in [5.41, 5.74) is 0.818. The van der Waals surface area contributed by atoms with Gasteiger partial charge in [0.1, 0.15) is 10.6 Å². The molecule has 2 aromatic rings. The van der Waals surface area contributed by atoms with Crippen LogP contribution in [0.2, 0.25) is 0 Å². The van der Waals surface area contributed by atoms with Gasteiger partial charge in [-0.05, 0) is 50.1 Å². The second-order valence-corrected chi connectivity index (χ2v) is 8.74. The van der Waals surface area contributed by atoms with Crippen LogP contribution in [0.1, 0.15) is 40.5 Å². The fourth-order valence-electron chi connectivity index (χ4n) is 3.33. The molecule has 8 nitrogen and oxygen atoms in total. The monoisotopic (exact) mass is 431 g/mol. The number of hydrogen-bond acceptors (Lipinski definition) is 5. The number of para-hydroxylation sites is 1. The average Bonchev–Trinajstić information content (AvgIpc) is 3.29. The Kier molecular flexibility index (Phi) is 6.73. The van der Waals surface area contributed by atoms with E-state index in [9.17, 15) is 18.0 Å². The third-order valence-electron chi connectivity index (χ3n) is 4.87. The van der Waals surface area contributed by atoms with Crippen molar-refractivity contribution in [2.24, 2.45) is 0 Å². The Labute approximate surface area is 176 Å². The van der Waals surface area contributed by atoms with Crippen molar-refractivity contribution in [3.05, 3.63) is 53.6 Å². The van der Waals surface area contributed by atoms with Crippen LogP contribution in [0.15, 0.2) is 47.4 Å². The number of carbonyl (C=O) groups excluding carboxylic acids is 2. The van der Waals surface area contributed by atoms with Crippen LogP contribution >= 0.6 is 0 Å². The maximum Gasteiger partial charge on any atom is 0.255 e. The largest absolute Gasteiger partial charge is 0.495 e. The highest BCUT2D eigenvalue weighted by molar-refractivity contribution is 7.89. The Bertz CT molecular complexity index is 1050. The summed E-state index contributed by atoms with van der Waals surface area (Å²) in [5.74, 6) is -0.645. The molecule has 2 aromatic carbocycles. The molecule has 3 rings (SSSR count). The molecule has 1 aliphatic heterocycles. The number of methoxy groups -OCH3 is 1. The molecule has 9 heteroatoms. The maximum atomic E-state index is 13.0.